The van der Waals surface area contributed by atoms with Gasteiger partial charge in [0.1, 0.15) is 0 Å². The predicted octanol–water partition coefficient (Wildman–Crippen LogP) is 2.43. The van der Waals surface area contributed by atoms with Gasteiger partial charge in [-0.2, -0.15) is 0 Å². The average Bonchev–Trinajstić information content (AvgIpc) is 2.38. The molecule has 1 atom stereocenters. The maximum Gasteiger partial charge on any atom is 0.272 e. The van der Waals surface area contributed by atoms with E-state index >= 15 is 0 Å². The molecule has 1 aromatic carbocycles. The first-order valence-electron chi connectivity index (χ1n) is 6.65. The van der Waals surface area contributed by atoms with Gasteiger partial charge in [0.25, 0.3) is 5.69 Å². The molecule has 0 N–H and O–H groups in total. The van der Waals surface area contributed by atoms with Crippen LogP contribution in [0.4, 0.5) is 11.4 Å². The van der Waals surface area contributed by atoms with Crippen molar-refractivity contribution >= 4 is 11.4 Å². The molecule has 1 aliphatic rings. The van der Waals surface area contributed by atoms with E-state index in [9.17, 15) is 10.1 Å². The Labute approximate surface area is 114 Å². The van der Waals surface area contributed by atoms with Gasteiger partial charge >= 0.3 is 0 Å². The Morgan fingerprint density at radius 1 is 1.42 bits per heavy atom. The molecule has 0 amide bonds. The Bertz CT molecular complexity index is 474. The zero-order valence-electron chi connectivity index (χ0n) is 11.8. The van der Waals surface area contributed by atoms with Crippen LogP contribution in [-0.4, -0.2) is 43.0 Å². The van der Waals surface area contributed by atoms with E-state index in [4.69, 9.17) is 0 Å². The highest BCUT2D eigenvalue weighted by Gasteiger charge is 2.22. The summed E-state index contributed by atoms with van der Waals surface area (Å²) in [5.41, 5.74) is 2.02. The second-order valence-electron chi connectivity index (χ2n) is 5.43. The number of nitro groups is 1. The number of nitrogens with zero attached hydrogens (tertiary/aromatic N) is 3. The van der Waals surface area contributed by atoms with Crippen LogP contribution < -0.4 is 4.90 Å². The van der Waals surface area contributed by atoms with Crippen molar-refractivity contribution in [1.82, 2.24) is 4.90 Å². The van der Waals surface area contributed by atoms with E-state index in [0.29, 0.717) is 6.04 Å². The van der Waals surface area contributed by atoms with Crippen molar-refractivity contribution in [3.8, 4) is 0 Å². The van der Waals surface area contributed by atoms with E-state index in [1.807, 2.05) is 12.1 Å². The Balaban J connectivity index is 2.18. The lowest BCUT2D eigenvalue weighted by molar-refractivity contribution is -0.385. The first-order chi connectivity index (χ1) is 8.99. The van der Waals surface area contributed by atoms with Gasteiger partial charge in [0, 0.05) is 36.4 Å². The van der Waals surface area contributed by atoms with E-state index < -0.39 is 0 Å². The summed E-state index contributed by atoms with van der Waals surface area (Å²) >= 11 is 0. The summed E-state index contributed by atoms with van der Waals surface area (Å²) < 4.78 is 0. The van der Waals surface area contributed by atoms with E-state index in [2.05, 4.69) is 23.9 Å². The Hall–Kier alpha value is -1.62. The third-order valence-electron chi connectivity index (χ3n) is 3.87. The fourth-order valence-electron chi connectivity index (χ4n) is 2.65. The average molecular weight is 263 g/mol. The van der Waals surface area contributed by atoms with Crippen LogP contribution in [-0.2, 0) is 0 Å². The van der Waals surface area contributed by atoms with Crippen molar-refractivity contribution in [2.75, 3.05) is 32.1 Å². The summed E-state index contributed by atoms with van der Waals surface area (Å²) in [5, 5.41) is 10.8. The molecule has 0 aromatic heterocycles. The van der Waals surface area contributed by atoms with Gasteiger partial charge in [0.15, 0.2) is 0 Å². The van der Waals surface area contributed by atoms with Gasteiger partial charge in [-0.3, -0.25) is 10.1 Å². The molecule has 0 radical (unpaired) electrons. The quantitative estimate of drug-likeness (QED) is 0.621. The number of nitro benzene ring substituents is 1. The highest BCUT2D eigenvalue weighted by Crippen LogP contribution is 2.27. The van der Waals surface area contributed by atoms with Crippen molar-refractivity contribution in [3.63, 3.8) is 0 Å². The molecule has 1 fully saturated rings. The van der Waals surface area contributed by atoms with Crippen molar-refractivity contribution in [2.24, 2.45) is 0 Å². The Morgan fingerprint density at radius 3 is 2.74 bits per heavy atom. The lowest BCUT2D eigenvalue weighted by Gasteiger charge is -2.37. The summed E-state index contributed by atoms with van der Waals surface area (Å²) in [6.45, 7) is 3.82. The topological polar surface area (TPSA) is 49.6 Å². The number of piperidine rings is 1. The molecule has 0 saturated carbocycles. The third-order valence-corrected chi connectivity index (χ3v) is 3.87. The van der Waals surface area contributed by atoms with Gasteiger partial charge < -0.3 is 9.80 Å². The van der Waals surface area contributed by atoms with Crippen LogP contribution in [0.15, 0.2) is 18.2 Å². The Kier molecular flexibility index (Phi) is 4.04. The van der Waals surface area contributed by atoms with Crippen LogP contribution in [0.5, 0.6) is 0 Å². The second kappa shape index (κ2) is 5.57. The minimum atomic E-state index is -0.321. The highest BCUT2D eigenvalue weighted by atomic mass is 16.6. The molecule has 1 aliphatic heterocycles. The molecular formula is C14H21N3O2. The summed E-state index contributed by atoms with van der Waals surface area (Å²) in [6, 6.07) is 5.97. The van der Waals surface area contributed by atoms with E-state index in [1.54, 1.807) is 13.0 Å². The molecule has 1 unspecified atom stereocenters. The van der Waals surface area contributed by atoms with Gasteiger partial charge in [0.05, 0.1) is 4.92 Å². The number of likely N-dealkylation sites (N-methyl/N-ethyl adjacent to an activating group) is 1. The molecule has 0 spiro atoms. The van der Waals surface area contributed by atoms with Gasteiger partial charge in [-0.15, -0.1) is 0 Å². The lowest BCUT2D eigenvalue weighted by atomic mass is 10.0. The monoisotopic (exact) mass is 263 g/mol. The first-order valence-corrected chi connectivity index (χ1v) is 6.65. The summed E-state index contributed by atoms with van der Waals surface area (Å²) in [5.74, 6) is 0. The van der Waals surface area contributed by atoms with Gasteiger partial charge in [0.2, 0.25) is 0 Å². The van der Waals surface area contributed by atoms with E-state index in [-0.39, 0.29) is 10.6 Å². The molecule has 0 aliphatic carbocycles. The van der Waals surface area contributed by atoms with Crippen molar-refractivity contribution in [2.45, 2.75) is 25.8 Å². The molecule has 1 aromatic rings. The third kappa shape index (κ3) is 3.04. The van der Waals surface area contributed by atoms with E-state index in [0.717, 1.165) is 24.3 Å². The van der Waals surface area contributed by atoms with Crippen LogP contribution in [0.1, 0.15) is 18.4 Å². The molecule has 5 heteroatoms. The lowest BCUT2D eigenvalue weighted by Crippen LogP contribution is -2.45. The second-order valence-corrected chi connectivity index (χ2v) is 5.43. The van der Waals surface area contributed by atoms with Crippen LogP contribution in [0.25, 0.3) is 0 Å². The smallest absolute Gasteiger partial charge is 0.272 e. The van der Waals surface area contributed by atoms with E-state index in [1.165, 1.54) is 12.8 Å². The molecule has 19 heavy (non-hydrogen) atoms. The van der Waals surface area contributed by atoms with Crippen LogP contribution in [0.3, 0.4) is 0 Å². The molecule has 2 rings (SSSR count). The largest absolute Gasteiger partial charge is 0.370 e. The van der Waals surface area contributed by atoms with Crippen LogP contribution in [0, 0.1) is 17.0 Å². The Morgan fingerprint density at radius 2 is 2.16 bits per heavy atom. The zero-order valence-corrected chi connectivity index (χ0v) is 11.8. The maximum atomic E-state index is 10.8. The van der Waals surface area contributed by atoms with Gasteiger partial charge in [-0.25, -0.2) is 0 Å². The predicted molar refractivity (Wildman–Crippen MR) is 76.8 cm³/mol. The minimum Gasteiger partial charge on any atom is -0.370 e. The van der Waals surface area contributed by atoms with Gasteiger partial charge in [-0.05, 0) is 46.0 Å². The standard InChI is InChI=1S/C14H21N3O2/c1-11-9-12(6-7-14(11)17(18)19)16-8-4-5-13(10-16)15(2)3/h6-7,9,13H,4-5,8,10H2,1-3H3. The number of hydrogen-bond donors (Lipinski definition) is 0. The molecule has 1 heterocycles. The highest BCUT2D eigenvalue weighted by molar-refractivity contribution is 5.55. The van der Waals surface area contributed by atoms with Crippen LogP contribution in [0.2, 0.25) is 0 Å². The summed E-state index contributed by atoms with van der Waals surface area (Å²) in [6.07, 6.45) is 2.38. The summed E-state index contributed by atoms with van der Waals surface area (Å²) in [7, 11) is 4.21. The van der Waals surface area contributed by atoms with Gasteiger partial charge in [-0.1, -0.05) is 0 Å². The maximum absolute atomic E-state index is 10.8. The van der Waals surface area contributed by atoms with Crippen molar-refractivity contribution < 1.29 is 4.92 Å². The minimum absolute atomic E-state index is 0.199. The fraction of sp³-hybridized carbons (Fsp3) is 0.571. The summed E-state index contributed by atoms with van der Waals surface area (Å²) in [4.78, 5) is 15.1. The fourth-order valence-corrected chi connectivity index (χ4v) is 2.65. The number of anilines is 1. The number of aryl methyl sites for hydroxylation is 1. The molecular weight excluding hydrogens is 242 g/mol. The SMILES string of the molecule is Cc1cc(N2CCCC(N(C)C)C2)ccc1[N+](=O)[O-]. The molecule has 0 bridgehead atoms. The number of rotatable bonds is 3. The number of hydrogen-bond acceptors (Lipinski definition) is 4. The van der Waals surface area contributed by atoms with Crippen molar-refractivity contribution in [1.29, 1.82) is 0 Å². The zero-order chi connectivity index (χ0) is 14.0. The molecule has 1 saturated heterocycles. The number of benzene rings is 1. The molecule has 104 valence electrons. The molecule has 5 nitrogen and oxygen atoms in total. The van der Waals surface area contributed by atoms with Crippen LogP contribution >= 0.6 is 0 Å². The normalized spacial score (nSPS) is 19.8. The first kappa shape index (κ1) is 13.8. The van der Waals surface area contributed by atoms with Crippen molar-refractivity contribution in [3.05, 3.63) is 33.9 Å².